The van der Waals surface area contributed by atoms with E-state index in [4.69, 9.17) is 8.94 Å². The van der Waals surface area contributed by atoms with E-state index in [2.05, 4.69) is 15.1 Å². The van der Waals surface area contributed by atoms with Crippen LogP contribution < -0.4 is 0 Å². The van der Waals surface area contributed by atoms with Crippen molar-refractivity contribution in [3.05, 3.63) is 36.0 Å². The lowest BCUT2D eigenvalue weighted by atomic mass is 10.0. The number of thioether (sulfide) groups is 1. The monoisotopic (exact) mass is 330 g/mol. The maximum atomic E-state index is 12.2. The molecule has 7 nitrogen and oxygen atoms in total. The third kappa shape index (κ3) is 2.81. The number of carbonyl (C=O) groups is 1. The van der Waals surface area contributed by atoms with Gasteiger partial charge in [0, 0.05) is 13.1 Å². The van der Waals surface area contributed by atoms with Gasteiger partial charge in [0.1, 0.15) is 5.52 Å². The highest BCUT2D eigenvalue weighted by molar-refractivity contribution is 7.99. The van der Waals surface area contributed by atoms with Gasteiger partial charge in [0.25, 0.3) is 5.22 Å². The van der Waals surface area contributed by atoms with Crippen LogP contribution in [-0.2, 0) is 4.79 Å². The summed E-state index contributed by atoms with van der Waals surface area (Å²) in [5, 5.41) is 4.29. The first-order valence-corrected chi connectivity index (χ1v) is 8.24. The number of oxazole rings is 1. The number of hydrogen-bond donors (Lipinski definition) is 0. The van der Waals surface area contributed by atoms with Crippen molar-refractivity contribution >= 4 is 28.8 Å². The minimum absolute atomic E-state index is 0.0599. The van der Waals surface area contributed by atoms with Gasteiger partial charge in [-0.25, -0.2) is 4.98 Å². The molecule has 118 valence electrons. The molecule has 0 spiro atoms. The molecule has 2 aromatic heterocycles. The number of aryl methyl sites for hydroxylation is 1. The van der Waals surface area contributed by atoms with E-state index in [1.165, 1.54) is 11.8 Å². The second kappa shape index (κ2) is 5.69. The molecule has 4 rings (SSSR count). The fourth-order valence-electron chi connectivity index (χ4n) is 2.44. The molecule has 3 heterocycles. The SMILES string of the molecule is Cc1noc(C2CN(C(=O)CSc3nc4ccccc4o3)C2)n1. The summed E-state index contributed by atoms with van der Waals surface area (Å²) >= 11 is 1.31. The largest absolute Gasteiger partial charge is 0.431 e. The van der Waals surface area contributed by atoms with Crippen LogP contribution in [0.1, 0.15) is 17.6 Å². The lowest BCUT2D eigenvalue weighted by Gasteiger charge is -2.36. The molecule has 1 aromatic carbocycles. The first-order chi connectivity index (χ1) is 11.2. The second-order valence-corrected chi connectivity index (χ2v) is 6.34. The Labute approximate surface area is 136 Å². The number of hydrogen-bond acceptors (Lipinski definition) is 7. The molecule has 0 radical (unpaired) electrons. The number of nitrogens with zero attached hydrogens (tertiary/aromatic N) is 4. The van der Waals surface area contributed by atoms with Gasteiger partial charge in [0.05, 0.1) is 11.7 Å². The highest BCUT2D eigenvalue weighted by atomic mass is 32.2. The van der Waals surface area contributed by atoms with Crippen molar-refractivity contribution in [2.24, 2.45) is 0 Å². The van der Waals surface area contributed by atoms with Crippen LogP contribution in [0.25, 0.3) is 11.1 Å². The van der Waals surface area contributed by atoms with E-state index in [-0.39, 0.29) is 11.8 Å². The number of para-hydroxylation sites is 2. The topological polar surface area (TPSA) is 85.3 Å². The van der Waals surface area contributed by atoms with Crippen LogP contribution in [0.4, 0.5) is 0 Å². The van der Waals surface area contributed by atoms with Crippen molar-refractivity contribution in [3.63, 3.8) is 0 Å². The van der Waals surface area contributed by atoms with Gasteiger partial charge in [0.15, 0.2) is 11.4 Å². The van der Waals surface area contributed by atoms with Crippen molar-refractivity contribution in [2.75, 3.05) is 18.8 Å². The Bertz CT molecular complexity index is 820. The summed E-state index contributed by atoms with van der Waals surface area (Å²) in [6.45, 7) is 3.02. The van der Waals surface area contributed by atoms with Crippen molar-refractivity contribution in [3.8, 4) is 0 Å². The molecule has 0 N–H and O–H groups in total. The zero-order valence-electron chi connectivity index (χ0n) is 12.4. The Morgan fingerprint density at radius 3 is 2.91 bits per heavy atom. The van der Waals surface area contributed by atoms with E-state index >= 15 is 0 Å². The van der Waals surface area contributed by atoms with Gasteiger partial charge < -0.3 is 13.8 Å². The molecule has 0 atom stereocenters. The van der Waals surface area contributed by atoms with E-state index in [1.807, 2.05) is 24.3 Å². The minimum atomic E-state index is 0.0599. The maximum absolute atomic E-state index is 12.2. The molecular formula is C15H14N4O3S. The maximum Gasteiger partial charge on any atom is 0.257 e. The van der Waals surface area contributed by atoms with E-state index in [1.54, 1.807) is 11.8 Å². The smallest absolute Gasteiger partial charge is 0.257 e. The van der Waals surface area contributed by atoms with Gasteiger partial charge in [-0.2, -0.15) is 4.98 Å². The average molecular weight is 330 g/mol. The van der Waals surface area contributed by atoms with Crippen LogP contribution in [0.2, 0.25) is 0 Å². The van der Waals surface area contributed by atoms with Crippen LogP contribution >= 0.6 is 11.8 Å². The number of amides is 1. The van der Waals surface area contributed by atoms with Crippen LogP contribution in [0.3, 0.4) is 0 Å². The first-order valence-electron chi connectivity index (χ1n) is 7.25. The van der Waals surface area contributed by atoms with Crippen LogP contribution in [-0.4, -0.2) is 44.8 Å². The quantitative estimate of drug-likeness (QED) is 0.678. The highest BCUT2D eigenvalue weighted by Gasteiger charge is 2.35. The summed E-state index contributed by atoms with van der Waals surface area (Å²) < 4.78 is 10.7. The summed E-state index contributed by atoms with van der Waals surface area (Å²) in [5.74, 6) is 1.75. The van der Waals surface area contributed by atoms with E-state index in [0.717, 1.165) is 11.1 Å². The summed E-state index contributed by atoms with van der Waals surface area (Å²) in [6, 6.07) is 7.55. The Kier molecular flexibility index (Phi) is 3.53. The molecule has 3 aromatic rings. The zero-order chi connectivity index (χ0) is 15.8. The zero-order valence-corrected chi connectivity index (χ0v) is 13.2. The number of fused-ring (bicyclic) bond motifs is 1. The first kappa shape index (κ1) is 14.3. The number of carbonyl (C=O) groups excluding carboxylic acids is 1. The van der Waals surface area contributed by atoms with Crippen LogP contribution in [0.15, 0.2) is 38.4 Å². The molecule has 8 heteroatoms. The molecule has 1 aliphatic rings. The molecule has 0 saturated carbocycles. The fourth-order valence-corrected chi connectivity index (χ4v) is 3.19. The van der Waals surface area contributed by atoms with Crippen molar-refractivity contribution < 1.29 is 13.7 Å². The lowest BCUT2D eigenvalue weighted by Crippen LogP contribution is -2.49. The molecule has 1 fully saturated rings. The fraction of sp³-hybridized carbons (Fsp3) is 0.333. The Hall–Kier alpha value is -2.35. The molecule has 0 unspecified atom stereocenters. The Balaban J connectivity index is 1.31. The highest BCUT2D eigenvalue weighted by Crippen LogP contribution is 2.28. The summed E-state index contributed by atoms with van der Waals surface area (Å²) in [4.78, 5) is 22.5. The molecule has 1 amide bonds. The third-order valence-corrected chi connectivity index (χ3v) is 4.53. The van der Waals surface area contributed by atoms with Gasteiger partial charge >= 0.3 is 0 Å². The standard InChI is InChI=1S/C15H14N4O3S/c1-9-16-14(22-18-9)10-6-19(7-10)13(20)8-23-15-17-11-4-2-3-5-12(11)21-15/h2-5,10H,6-8H2,1H3. The van der Waals surface area contributed by atoms with Gasteiger partial charge in [-0.05, 0) is 19.1 Å². The minimum Gasteiger partial charge on any atom is -0.431 e. The van der Waals surface area contributed by atoms with Crippen molar-refractivity contribution in [1.82, 2.24) is 20.0 Å². The van der Waals surface area contributed by atoms with Crippen LogP contribution in [0.5, 0.6) is 0 Å². The summed E-state index contributed by atoms with van der Waals surface area (Å²) in [7, 11) is 0. The molecule has 0 aliphatic carbocycles. The van der Waals surface area contributed by atoms with Crippen LogP contribution in [0, 0.1) is 6.92 Å². The summed E-state index contributed by atoms with van der Waals surface area (Å²) in [6.07, 6.45) is 0. The normalized spacial score (nSPS) is 15.1. The number of likely N-dealkylation sites (tertiary alicyclic amines) is 1. The van der Waals surface area contributed by atoms with Gasteiger partial charge in [-0.15, -0.1) is 0 Å². The van der Waals surface area contributed by atoms with Gasteiger partial charge in [0.2, 0.25) is 11.8 Å². The van der Waals surface area contributed by atoms with Crippen molar-refractivity contribution in [2.45, 2.75) is 18.1 Å². The van der Waals surface area contributed by atoms with Crippen molar-refractivity contribution in [1.29, 1.82) is 0 Å². The number of aromatic nitrogens is 3. The predicted octanol–water partition coefficient (Wildman–Crippen LogP) is 2.24. The summed E-state index contributed by atoms with van der Waals surface area (Å²) in [5.41, 5.74) is 1.54. The molecule has 1 saturated heterocycles. The molecule has 1 aliphatic heterocycles. The van der Waals surface area contributed by atoms with Gasteiger partial charge in [-0.3, -0.25) is 4.79 Å². The average Bonchev–Trinajstić information content (AvgIpc) is 3.09. The number of benzene rings is 1. The Morgan fingerprint density at radius 2 is 2.17 bits per heavy atom. The molecular weight excluding hydrogens is 316 g/mol. The Morgan fingerprint density at radius 1 is 1.35 bits per heavy atom. The molecule has 0 bridgehead atoms. The second-order valence-electron chi connectivity index (χ2n) is 5.41. The van der Waals surface area contributed by atoms with Gasteiger partial charge in [-0.1, -0.05) is 29.1 Å². The predicted molar refractivity (Wildman–Crippen MR) is 83.1 cm³/mol. The van der Waals surface area contributed by atoms with E-state index in [9.17, 15) is 4.79 Å². The lowest BCUT2D eigenvalue weighted by molar-refractivity contribution is -0.133. The molecule has 23 heavy (non-hydrogen) atoms. The third-order valence-electron chi connectivity index (χ3n) is 3.72. The van der Waals surface area contributed by atoms with E-state index in [0.29, 0.717) is 35.8 Å². The van der Waals surface area contributed by atoms with E-state index < -0.39 is 0 Å². The number of rotatable bonds is 4.